The molecule has 0 atom stereocenters. The van der Waals surface area contributed by atoms with Crippen LogP contribution in [0, 0.1) is 0 Å². The van der Waals surface area contributed by atoms with Crippen molar-refractivity contribution in [3.8, 4) is 0 Å². The zero-order chi connectivity index (χ0) is 10.5. The molecule has 0 amide bonds. The third-order valence-electron chi connectivity index (χ3n) is 1.75. The van der Waals surface area contributed by atoms with Gasteiger partial charge in [-0.25, -0.2) is 4.98 Å². The number of halogens is 1. The lowest BCUT2D eigenvalue weighted by molar-refractivity contribution is 1.21. The molecule has 1 heterocycles. The quantitative estimate of drug-likeness (QED) is 0.550. The second-order valence-electron chi connectivity index (χ2n) is 2.87. The lowest BCUT2D eigenvalue weighted by Crippen LogP contribution is -1.70. The molecular formula is C11H8ClN3. The molecule has 0 aliphatic rings. The van der Waals surface area contributed by atoms with E-state index in [0.717, 1.165) is 5.69 Å². The Kier molecular flexibility index (Phi) is 3.05. The minimum atomic E-state index is 0.416. The van der Waals surface area contributed by atoms with Crippen molar-refractivity contribution in [3.05, 3.63) is 53.8 Å². The van der Waals surface area contributed by atoms with Gasteiger partial charge in [0.2, 0.25) is 0 Å². The van der Waals surface area contributed by atoms with Gasteiger partial charge in [-0.1, -0.05) is 29.8 Å². The van der Waals surface area contributed by atoms with E-state index in [2.05, 4.69) is 15.2 Å². The summed E-state index contributed by atoms with van der Waals surface area (Å²) in [5.74, 6) is 0. The topological polar surface area (TPSA) is 37.6 Å². The van der Waals surface area contributed by atoms with Crippen LogP contribution in [0.4, 0.5) is 11.4 Å². The van der Waals surface area contributed by atoms with Gasteiger partial charge in [0.05, 0.1) is 11.4 Å². The average Bonchev–Trinajstić information content (AvgIpc) is 2.28. The molecule has 0 aliphatic heterocycles. The Labute approximate surface area is 92.5 Å². The Balaban J connectivity index is 2.19. The summed E-state index contributed by atoms with van der Waals surface area (Å²) < 4.78 is 0. The second kappa shape index (κ2) is 4.66. The Morgan fingerprint density at radius 2 is 1.67 bits per heavy atom. The van der Waals surface area contributed by atoms with Gasteiger partial charge in [-0.3, -0.25) is 0 Å². The molecule has 0 saturated carbocycles. The van der Waals surface area contributed by atoms with E-state index in [1.54, 1.807) is 18.3 Å². The van der Waals surface area contributed by atoms with E-state index in [0.29, 0.717) is 10.8 Å². The van der Waals surface area contributed by atoms with E-state index in [-0.39, 0.29) is 0 Å². The van der Waals surface area contributed by atoms with Gasteiger partial charge in [-0.15, -0.1) is 0 Å². The largest absolute Gasteiger partial charge is 0.244 e. The number of benzene rings is 1. The van der Waals surface area contributed by atoms with Crippen LogP contribution in [0.25, 0.3) is 0 Å². The van der Waals surface area contributed by atoms with E-state index < -0.39 is 0 Å². The van der Waals surface area contributed by atoms with E-state index in [1.165, 1.54) is 0 Å². The first-order valence-corrected chi connectivity index (χ1v) is 4.81. The van der Waals surface area contributed by atoms with Gasteiger partial charge >= 0.3 is 0 Å². The summed E-state index contributed by atoms with van der Waals surface area (Å²) in [5, 5.41) is 8.51. The van der Waals surface area contributed by atoms with Crippen molar-refractivity contribution in [2.75, 3.05) is 0 Å². The fraction of sp³-hybridized carbons (Fsp3) is 0. The van der Waals surface area contributed by atoms with Crippen LogP contribution in [0.3, 0.4) is 0 Å². The van der Waals surface area contributed by atoms with Crippen LogP contribution in [0.5, 0.6) is 0 Å². The fourth-order valence-electron chi connectivity index (χ4n) is 1.06. The molecular weight excluding hydrogens is 210 g/mol. The number of aromatic nitrogens is 1. The minimum absolute atomic E-state index is 0.416. The lowest BCUT2D eigenvalue weighted by atomic mass is 10.3. The molecule has 0 saturated heterocycles. The lowest BCUT2D eigenvalue weighted by Gasteiger charge is -1.92. The molecule has 74 valence electrons. The average molecular weight is 218 g/mol. The van der Waals surface area contributed by atoms with Crippen molar-refractivity contribution in [1.82, 2.24) is 4.98 Å². The molecule has 0 bridgehead atoms. The normalized spacial score (nSPS) is 10.7. The second-order valence-corrected chi connectivity index (χ2v) is 3.26. The van der Waals surface area contributed by atoms with E-state index in [4.69, 9.17) is 11.6 Å². The Morgan fingerprint density at radius 3 is 2.40 bits per heavy atom. The maximum atomic E-state index is 5.71. The predicted molar refractivity (Wildman–Crippen MR) is 59.9 cm³/mol. The van der Waals surface area contributed by atoms with Crippen molar-refractivity contribution >= 4 is 23.0 Å². The standard InChI is InChI=1S/C11H8ClN3/c12-11-8-10(6-7-13-11)15-14-9-4-2-1-3-5-9/h1-8H. The number of rotatable bonds is 2. The summed E-state index contributed by atoms with van der Waals surface area (Å²) in [7, 11) is 0. The highest BCUT2D eigenvalue weighted by Gasteiger charge is 1.92. The highest BCUT2D eigenvalue weighted by Crippen LogP contribution is 2.19. The van der Waals surface area contributed by atoms with Crippen molar-refractivity contribution in [2.24, 2.45) is 10.2 Å². The summed E-state index contributed by atoms with van der Waals surface area (Å²) in [5.41, 5.74) is 1.50. The van der Waals surface area contributed by atoms with Gasteiger partial charge in [-0.05, 0) is 18.2 Å². The van der Waals surface area contributed by atoms with E-state index >= 15 is 0 Å². The Bertz CT molecular complexity index is 468. The first kappa shape index (κ1) is 9.80. The molecule has 3 nitrogen and oxygen atoms in total. The molecule has 1 aromatic heterocycles. The third kappa shape index (κ3) is 2.86. The Hall–Kier alpha value is -1.74. The van der Waals surface area contributed by atoms with Gasteiger partial charge in [0.1, 0.15) is 5.15 Å². The monoisotopic (exact) mass is 217 g/mol. The maximum absolute atomic E-state index is 5.71. The van der Waals surface area contributed by atoms with Crippen LogP contribution in [0.1, 0.15) is 0 Å². The molecule has 0 unspecified atom stereocenters. The number of hydrogen-bond donors (Lipinski definition) is 0. The molecule has 0 fully saturated rings. The molecule has 2 rings (SSSR count). The molecule has 1 aromatic carbocycles. The van der Waals surface area contributed by atoms with Crippen LogP contribution in [0.2, 0.25) is 5.15 Å². The number of azo groups is 1. The van der Waals surface area contributed by atoms with Crippen LogP contribution in [-0.4, -0.2) is 4.98 Å². The minimum Gasteiger partial charge on any atom is -0.244 e. The fourth-order valence-corrected chi connectivity index (χ4v) is 1.23. The van der Waals surface area contributed by atoms with Crippen molar-refractivity contribution in [2.45, 2.75) is 0 Å². The SMILES string of the molecule is Clc1cc(N=Nc2ccccc2)ccn1. The summed E-state index contributed by atoms with van der Waals surface area (Å²) in [6.45, 7) is 0. The molecule has 2 aromatic rings. The highest BCUT2D eigenvalue weighted by molar-refractivity contribution is 6.29. The van der Waals surface area contributed by atoms with Gasteiger partial charge in [0, 0.05) is 12.3 Å². The molecule has 4 heteroatoms. The maximum Gasteiger partial charge on any atom is 0.131 e. The first-order valence-electron chi connectivity index (χ1n) is 4.43. The summed E-state index contributed by atoms with van der Waals surface area (Å²) in [4.78, 5) is 3.86. The highest BCUT2D eigenvalue weighted by atomic mass is 35.5. The first-order chi connectivity index (χ1) is 7.34. The van der Waals surface area contributed by atoms with Crippen molar-refractivity contribution < 1.29 is 0 Å². The van der Waals surface area contributed by atoms with E-state index in [1.807, 2.05) is 30.3 Å². The number of nitrogens with zero attached hydrogens (tertiary/aromatic N) is 3. The van der Waals surface area contributed by atoms with Crippen LogP contribution >= 0.6 is 11.6 Å². The van der Waals surface area contributed by atoms with Crippen molar-refractivity contribution in [3.63, 3.8) is 0 Å². The summed E-state index contributed by atoms with van der Waals surface area (Å²) >= 11 is 5.71. The smallest absolute Gasteiger partial charge is 0.131 e. The molecule has 0 radical (unpaired) electrons. The van der Waals surface area contributed by atoms with Crippen LogP contribution in [-0.2, 0) is 0 Å². The molecule has 0 spiro atoms. The van der Waals surface area contributed by atoms with Gasteiger partial charge in [-0.2, -0.15) is 10.2 Å². The Morgan fingerprint density at radius 1 is 0.933 bits per heavy atom. The number of hydrogen-bond acceptors (Lipinski definition) is 3. The summed E-state index contributed by atoms with van der Waals surface area (Å²) in [6, 6.07) is 12.9. The van der Waals surface area contributed by atoms with E-state index in [9.17, 15) is 0 Å². The summed E-state index contributed by atoms with van der Waals surface area (Å²) in [6.07, 6.45) is 1.60. The van der Waals surface area contributed by atoms with Crippen LogP contribution < -0.4 is 0 Å². The zero-order valence-corrected chi connectivity index (χ0v) is 8.59. The van der Waals surface area contributed by atoms with Gasteiger partial charge in [0.15, 0.2) is 0 Å². The van der Waals surface area contributed by atoms with Crippen molar-refractivity contribution in [1.29, 1.82) is 0 Å². The zero-order valence-electron chi connectivity index (χ0n) is 7.84. The molecule has 15 heavy (non-hydrogen) atoms. The third-order valence-corrected chi connectivity index (χ3v) is 1.95. The van der Waals surface area contributed by atoms with Gasteiger partial charge in [0.25, 0.3) is 0 Å². The predicted octanol–water partition coefficient (Wildman–Crippen LogP) is 4.15. The number of pyridine rings is 1. The van der Waals surface area contributed by atoms with Gasteiger partial charge < -0.3 is 0 Å². The van der Waals surface area contributed by atoms with Crippen LogP contribution in [0.15, 0.2) is 58.9 Å². The molecule has 0 aliphatic carbocycles. The molecule has 0 N–H and O–H groups in total.